The molecule has 17 heavy (non-hydrogen) atoms. The summed E-state index contributed by atoms with van der Waals surface area (Å²) in [5.41, 5.74) is 9.16. The number of rotatable bonds is 5. The molecular weight excluding hydrogens is 228 g/mol. The van der Waals surface area contributed by atoms with Gasteiger partial charge >= 0.3 is 0 Å². The van der Waals surface area contributed by atoms with Gasteiger partial charge in [-0.15, -0.1) is 0 Å². The molecule has 0 heterocycles. The molecule has 1 rings (SSSR count). The minimum absolute atomic E-state index is 0.472. The molecule has 0 aromatic heterocycles. The third kappa shape index (κ3) is 3.43. The van der Waals surface area contributed by atoms with Crippen molar-refractivity contribution in [1.29, 1.82) is 0 Å². The van der Waals surface area contributed by atoms with Gasteiger partial charge in [0.25, 0.3) is 0 Å². The number of anilines is 1. The molecule has 2 nitrogen and oxygen atoms in total. The zero-order valence-corrected chi connectivity index (χ0v) is 12.0. The topological polar surface area (TPSA) is 29.3 Å². The second-order valence-corrected chi connectivity index (χ2v) is 5.17. The minimum Gasteiger partial charge on any atom is -0.389 e. The third-order valence-electron chi connectivity index (χ3n) is 3.17. The fourth-order valence-corrected chi connectivity index (χ4v) is 2.22. The van der Waals surface area contributed by atoms with Crippen molar-refractivity contribution < 1.29 is 0 Å². The highest BCUT2D eigenvalue weighted by Crippen LogP contribution is 2.25. The van der Waals surface area contributed by atoms with E-state index in [0.29, 0.717) is 10.9 Å². The van der Waals surface area contributed by atoms with Gasteiger partial charge in [-0.25, -0.2) is 0 Å². The van der Waals surface area contributed by atoms with Gasteiger partial charge in [0.05, 0.1) is 0 Å². The molecule has 1 unspecified atom stereocenters. The lowest BCUT2D eigenvalue weighted by Crippen LogP contribution is -2.27. The van der Waals surface area contributed by atoms with Gasteiger partial charge < -0.3 is 10.6 Å². The van der Waals surface area contributed by atoms with Crippen LogP contribution in [0.15, 0.2) is 18.2 Å². The van der Waals surface area contributed by atoms with Crippen molar-refractivity contribution in [2.75, 3.05) is 18.5 Å². The van der Waals surface area contributed by atoms with E-state index < -0.39 is 0 Å². The van der Waals surface area contributed by atoms with Crippen LogP contribution in [0.1, 0.15) is 31.4 Å². The number of para-hydroxylation sites is 1. The van der Waals surface area contributed by atoms with Gasteiger partial charge in [-0.2, -0.15) is 0 Å². The summed E-state index contributed by atoms with van der Waals surface area (Å²) in [4.78, 5) is 2.73. The van der Waals surface area contributed by atoms with Gasteiger partial charge in [-0.1, -0.05) is 44.6 Å². The molecule has 0 fully saturated rings. The van der Waals surface area contributed by atoms with Crippen LogP contribution in [0.25, 0.3) is 0 Å². The van der Waals surface area contributed by atoms with Crippen LogP contribution in [0.3, 0.4) is 0 Å². The van der Waals surface area contributed by atoms with E-state index in [9.17, 15) is 0 Å². The van der Waals surface area contributed by atoms with E-state index in [1.165, 1.54) is 17.7 Å². The number of hydrogen-bond acceptors (Lipinski definition) is 2. The lowest BCUT2D eigenvalue weighted by molar-refractivity contribution is 0.559. The van der Waals surface area contributed by atoms with Crippen LogP contribution in [0.5, 0.6) is 0 Å². The van der Waals surface area contributed by atoms with Gasteiger partial charge in [-0.3, -0.25) is 0 Å². The Balaban J connectivity index is 3.06. The van der Waals surface area contributed by atoms with Crippen LogP contribution in [-0.2, 0) is 0 Å². The Bertz CT molecular complexity index is 401. The van der Waals surface area contributed by atoms with Gasteiger partial charge in [0.15, 0.2) is 0 Å². The first-order valence-electron chi connectivity index (χ1n) is 6.07. The Kier molecular flexibility index (Phi) is 4.94. The smallest absolute Gasteiger partial charge is 0.106 e. The summed E-state index contributed by atoms with van der Waals surface area (Å²) in [6.45, 7) is 7.60. The minimum atomic E-state index is 0.472. The third-order valence-corrected chi connectivity index (χ3v) is 3.39. The molecule has 0 bridgehead atoms. The van der Waals surface area contributed by atoms with E-state index in [-0.39, 0.29) is 0 Å². The van der Waals surface area contributed by atoms with Gasteiger partial charge in [-0.05, 0) is 24.5 Å². The zero-order valence-electron chi connectivity index (χ0n) is 11.2. The van der Waals surface area contributed by atoms with Crippen LogP contribution in [0.4, 0.5) is 5.69 Å². The number of nitrogens with zero attached hydrogens (tertiary/aromatic N) is 1. The fourth-order valence-electron chi connectivity index (χ4n) is 2.05. The number of hydrogen-bond donors (Lipinski definition) is 1. The molecule has 0 aliphatic heterocycles. The van der Waals surface area contributed by atoms with Crippen LogP contribution in [-0.4, -0.2) is 18.6 Å². The molecule has 94 valence electrons. The molecule has 0 saturated carbocycles. The summed E-state index contributed by atoms with van der Waals surface area (Å²) in [6, 6.07) is 6.10. The molecule has 3 heteroatoms. The highest BCUT2D eigenvalue weighted by atomic mass is 32.1. The molecule has 0 saturated heterocycles. The van der Waals surface area contributed by atoms with Gasteiger partial charge in [0, 0.05) is 24.8 Å². The monoisotopic (exact) mass is 250 g/mol. The zero-order chi connectivity index (χ0) is 13.0. The molecular formula is C14H22N2S. The maximum Gasteiger partial charge on any atom is 0.106 e. The SMILES string of the molecule is CCC(C)CN(C)c1c(C)cccc1C(N)=S. The fraction of sp³-hybridized carbons (Fsp3) is 0.500. The molecule has 1 atom stereocenters. The van der Waals surface area contributed by atoms with Crippen LogP contribution < -0.4 is 10.6 Å². The summed E-state index contributed by atoms with van der Waals surface area (Å²) >= 11 is 5.12. The summed E-state index contributed by atoms with van der Waals surface area (Å²) < 4.78 is 0. The summed E-state index contributed by atoms with van der Waals surface area (Å²) in [5.74, 6) is 0.666. The molecule has 0 amide bonds. The largest absolute Gasteiger partial charge is 0.389 e. The normalized spacial score (nSPS) is 12.2. The first-order valence-corrected chi connectivity index (χ1v) is 6.48. The summed E-state index contributed by atoms with van der Waals surface area (Å²) in [7, 11) is 2.11. The van der Waals surface area contributed by atoms with Crippen molar-refractivity contribution in [2.45, 2.75) is 27.2 Å². The quantitative estimate of drug-likeness (QED) is 0.814. The molecule has 1 aromatic rings. The predicted octanol–water partition coefficient (Wildman–Crippen LogP) is 3.11. The van der Waals surface area contributed by atoms with Crippen molar-refractivity contribution in [1.82, 2.24) is 0 Å². The maximum absolute atomic E-state index is 5.79. The van der Waals surface area contributed by atoms with Crippen molar-refractivity contribution in [3.63, 3.8) is 0 Å². The number of nitrogens with two attached hydrogens (primary N) is 1. The van der Waals surface area contributed by atoms with E-state index in [0.717, 1.165) is 12.1 Å². The van der Waals surface area contributed by atoms with Crippen LogP contribution in [0, 0.1) is 12.8 Å². The highest BCUT2D eigenvalue weighted by Gasteiger charge is 2.13. The maximum atomic E-state index is 5.79. The van der Waals surface area contributed by atoms with Gasteiger partial charge in [0.1, 0.15) is 4.99 Å². The van der Waals surface area contributed by atoms with E-state index in [2.05, 4.69) is 38.8 Å². The van der Waals surface area contributed by atoms with Gasteiger partial charge in [0.2, 0.25) is 0 Å². The Labute approximate surface area is 110 Å². The molecule has 2 N–H and O–H groups in total. The van der Waals surface area contributed by atoms with E-state index in [1.807, 2.05) is 12.1 Å². The number of aryl methyl sites for hydroxylation is 1. The molecule has 0 aliphatic rings. The van der Waals surface area contributed by atoms with Crippen molar-refractivity contribution in [3.8, 4) is 0 Å². The molecule has 0 aliphatic carbocycles. The van der Waals surface area contributed by atoms with Crippen molar-refractivity contribution in [3.05, 3.63) is 29.3 Å². The Morgan fingerprint density at radius 1 is 1.47 bits per heavy atom. The standard InChI is InChI=1S/C14H22N2S/c1-5-10(2)9-16(4)13-11(3)7-6-8-12(13)14(15)17/h6-8,10H,5,9H2,1-4H3,(H2,15,17). The number of thiocarbonyl (C=S) groups is 1. The Morgan fingerprint density at radius 3 is 2.65 bits per heavy atom. The Hall–Kier alpha value is -1.09. The molecule has 0 radical (unpaired) electrons. The van der Waals surface area contributed by atoms with E-state index in [1.54, 1.807) is 0 Å². The second kappa shape index (κ2) is 6.01. The van der Waals surface area contributed by atoms with Crippen LogP contribution >= 0.6 is 12.2 Å². The van der Waals surface area contributed by atoms with E-state index in [4.69, 9.17) is 18.0 Å². The molecule has 1 aromatic carbocycles. The van der Waals surface area contributed by atoms with Crippen LogP contribution in [0.2, 0.25) is 0 Å². The second-order valence-electron chi connectivity index (χ2n) is 4.73. The number of benzene rings is 1. The highest BCUT2D eigenvalue weighted by molar-refractivity contribution is 7.80. The lowest BCUT2D eigenvalue weighted by Gasteiger charge is -2.26. The first kappa shape index (κ1) is 14.0. The first-order chi connectivity index (χ1) is 7.97. The van der Waals surface area contributed by atoms with Crippen molar-refractivity contribution in [2.24, 2.45) is 11.7 Å². The Morgan fingerprint density at radius 2 is 2.12 bits per heavy atom. The van der Waals surface area contributed by atoms with Crippen molar-refractivity contribution >= 4 is 22.9 Å². The van der Waals surface area contributed by atoms with E-state index >= 15 is 0 Å². The summed E-state index contributed by atoms with van der Waals surface area (Å²) in [5, 5.41) is 0. The lowest BCUT2D eigenvalue weighted by atomic mass is 10.0. The summed E-state index contributed by atoms with van der Waals surface area (Å²) in [6.07, 6.45) is 1.18. The molecule has 0 spiro atoms. The average Bonchev–Trinajstić information content (AvgIpc) is 2.28. The average molecular weight is 250 g/mol. The predicted molar refractivity (Wildman–Crippen MR) is 79.8 cm³/mol.